The lowest BCUT2D eigenvalue weighted by Gasteiger charge is -2.26. The summed E-state index contributed by atoms with van der Waals surface area (Å²) in [7, 11) is 0. The van der Waals surface area contributed by atoms with E-state index in [0.717, 1.165) is 12.1 Å². The van der Waals surface area contributed by atoms with E-state index in [1.54, 1.807) is 13.8 Å². The van der Waals surface area contributed by atoms with Gasteiger partial charge < -0.3 is 10.0 Å². The number of aliphatic hydroxyl groups is 1. The number of rotatable bonds is 6. The third-order valence-electron chi connectivity index (χ3n) is 2.83. The van der Waals surface area contributed by atoms with Gasteiger partial charge in [0.25, 0.3) is 5.91 Å². The smallest absolute Gasteiger partial charge is 0.305 e. The van der Waals surface area contributed by atoms with Crippen molar-refractivity contribution in [1.82, 2.24) is 4.90 Å². The van der Waals surface area contributed by atoms with Crippen molar-refractivity contribution in [2.75, 3.05) is 13.2 Å². The van der Waals surface area contributed by atoms with Crippen LogP contribution in [0.15, 0.2) is 18.2 Å². The summed E-state index contributed by atoms with van der Waals surface area (Å²) in [4.78, 5) is 23.6. The fraction of sp³-hybridized carbons (Fsp3) is 0.462. The van der Waals surface area contributed by atoms with Gasteiger partial charge in [-0.25, -0.2) is 0 Å². The molecule has 6 nitrogen and oxygen atoms in total. The van der Waals surface area contributed by atoms with Crippen LogP contribution in [-0.2, 0) is 0 Å². The number of carbonyl (C=O) groups is 1. The highest BCUT2D eigenvalue weighted by atomic mass is 19.1. The molecule has 0 aliphatic rings. The molecule has 0 unspecified atom stereocenters. The molecule has 1 N–H and O–H groups in total. The Bertz CT molecular complexity index is 505. The van der Waals surface area contributed by atoms with E-state index >= 15 is 0 Å². The van der Waals surface area contributed by atoms with E-state index < -0.39 is 22.3 Å². The molecule has 0 aliphatic heterocycles. The molecule has 20 heavy (non-hydrogen) atoms. The maximum atomic E-state index is 13.2. The molecular formula is C13H17FN2O4. The van der Waals surface area contributed by atoms with Gasteiger partial charge in [0.05, 0.1) is 4.92 Å². The molecule has 0 saturated heterocycles. The highest BCUT2D eigenvalue weighted by molar-refractivity contribution is 5.95. The number of nitrogens with zero attached hydrogens (tertiary/aromatic N) is 2. The Kier molecular flexibility index (Phi) is 5.57. The molecule has 0 aromatic heterocycles. The second kappa shape index (κ2) is 6.95. The number of carbonyl (C=O) groups excluding carboxylic acids is 1. The summed E-state index contributed by atoms with van der Waals surface area (Å²) in [5.74, 6) is -1.39. The molecule has 0 radical (unpaired) electrons. The summed E-state index contributed by atoms with van der Waals surface area (Å²) in [5.41, 5.74) is -0.661. The van der Waals surface area contributed by atoms with Crippen molar-refractivity contribution in [1.29, 1.82) is 0 Å². The minimum Gasteiger partial charge on any atom is -0.396 e. The minimum absolute atomic E-state index is 0.0555. The van der Waals surface area contributed by atoms with E-state index in [2.05, 4.69) is 0 Å². The largest absolute Gasteiger partial charge is 0.396 e. The lowest BCUT2D eigenvalue weighted by atomic mass is 10.1. The van der Waals surface area contributed by atoms with Crippen molar-refractivity contribution in [2.24, 2.45) is 0 Å². The zero-order chi connectivity index (χ0) is 15.3. The third-order valence-corrected chi connectivity index (χ3v) is 2.83. The van der Waals surface area contributed by atoms with Crippen LogP contribution in [0.25, 0.3) is 0 Å². The van der Waals surface area contributed by atoms with Crippen LogP contribution in [0.5, 0.6) is 0 Å². The second-order valence-electron chi connectivity index (χ2n) is 4.59. The number of nitro benzene ring substituents is 1. The van der Waals surface area contributed by atoms with Gasteiger partial charge in [-0.15, -0.1) is 0 Å². The fourth-order valence-corrected chi connectivity index (χ4v) is 1.79. The zero-order valence-corrected chi connectivity index (χ0v) is 11.4. The monoisotopic (exact) mass is 284 g/mol. The van der Waals surface area contributed by atoms with E-state index in [1.807, 2.05) is 0 Å². The quantitative estimate of drug-likeness (QED) is 0.639. The first-order chi connectivity index (χ1) is 9.38. The van der Waals surface area contributed by atoms with Crippen LogP contribution in [-0.4, -0.2) is 40.0 Å². The SMILES string of the molecule is CC(C)N(CCCO)C(=O)c1ccc(F)c([N+](=O)[O-])c1. The van der Waals surface area contributed by atoms with E-state index in [-0.39, 0.29) is 18.2 Å². The molecule has 0 aliphatic carbocycles. The average Bonchev–Trinajstić information content (AvgIpc) is 2.38. The molecule has 1 rings (SSSR count). The standard InChI is InChI=1S/C13H17FN2O4/c1-9(2)15(6-3-7-17)13(18)10-4-5-11(14)12(8-10)16(19)20/h4-5,8-9,17H,3,6-7H2,1-2H3. The second-order valence-corrected chi connectivity index (χ2v) is 4.59. The van der Waals surface area contributed by atoms with Gasteiger partial charge in [0.1, 0.15) is 0 Å². The number of hydrogen-bond donors (Lipinski definition) is 1. The number of aliphatic hydroxyl groups excluding tert-OH is 1. The molecule has 0 atom stereocenters. The molecule has 1 aromatic carbocycles. The van der Waals surface area contributed by atoms with Crippen LogP contribution in [0.4, 0.5) is 10.1 Å². The summed E-state index contributed by atoms with van der Waals surface area (Å²) < 4.78 is 13.2. The summed E-state index contributed by atoms with van der Waals surface area (Å²) in [6.07, 6.45) is 0.410. The van der Waals surface area contributed by atoms with Crippen molar-refractivity contribution in [2.45, 2.75) is 26.3 Å². The van der Waals surface area contributed by atoms with Gasteiger partial charge in [0.15, 0.2) is 0 Å². The summed E-state index contributed by atoms with van der Waals surface area (Å²) in [6.45, 7) is 3.87. The van der Waals surface area contributed by atoms with Gasteiger partial charge in [-0.05, 0) is 32.4 Å². The van der Waals surface area contributed by atoms with Crippen LogP contribution >= 0.6 is 0 Å². The van der Waals surface area contributed by atoms with E-state index in [0.29, 0.717) is 13.0 Å². The van der Waals surface area contributed by atoms with Crippen molar-refractivity contribution in [3.05, 3.63) is 39.7 Å². The predicted octanol–water partition coefficient (Wildman–Crippen LogP) is 1.97. The number of nitro groups is 1. The van der Waals surface area contributed by atoms with Crippen molar-refractivity contribution >= 4 is 11.6 Å². The molecule has 0 fully saturated rings. The highest BCUT2D eigenvalue weighted by Crippen LogP contribution is 2.20. The number of hydrogen-bond acceptors (Lipinski definition) is 4. The normalized spacial score (nSPS) is 10.7. The van der Waals surface area contributed by atoms with Crippen LogP contribution < -0.4 is 0 Å². The lowest BCUT2D eigenvalue weighted by molar-refractivity contribution is -0.387. The van der Waals surface area contributed by atoms with Gasteiger partial charge in [-0.1, -0.05) is 0 Å². The van der Waals surface area contributed by atoms with Gasteiger partial charge in [-0.2, -0.15) is 4.39 Å². The first kappa shape index (κ1) is 16.0. The van der Waals surface area contributed by atoms with Gasteiger partial charge in [0, 0.05) is 30.8 Å². The van der Waals surface area contributed by atoms with Crippen LogP contribution in [0.2, 0.25) is 0 Å². The zero-order valence-electron chi connectivity index (χ0n) is 11.4. The van der Waals surface area contributed by atoms with Gasteiger partial charge >= 0.3 is 5.69 Å². The van der Waals surface area contributed by atoms with Crippen molar-refractivity contribution in [3.63, 3.8) is 0 Å². The Labute approximate surface area is 116 Å². The topological polar surface area (TPSA) is 83.7 Å². The lowest BCUT2D eigenvalue weighted by Crippen LogP contribution is -2.38. The maximum Gasteiger partial charge on any atom is 0.305 e. The molecule has 0 bridgehead atoms. The maximum absolute atomic E-state index is 13.2. The molecule has 0 heterocycles. The molecule has 1 aromatic rings. The Hall–Kier alpha value is -2.02. The molecule has 0 saturated carbocycles. The number of benzene rings is 1. The number of halogens is 1. The molecular weight excluding hydrogens is 267 g/mol. The van der Waals surface area contributed by atoms with E-state index in [1.165, 1.54) is 11.0 Å². The minimum atomic E-state index is -0.974. The number of amides is 1. The van der Waals surface area contributed by atoms with Gasteiger partial charge in [-0.3, -0.25) is 14.9 Å². The average molecular weight is 284 g/mol. The summed E-state index contributed by atoms with van der Waals surface area (Å²) >= 11 is 0. The van der Waals surface area contributed by atoms with Crippen molar-refractivity contribution in [3.8, 4) is 0 Å². The van der Waals surface area contributed by atoms with E-state index in [9.17, 15) is 19.3 Å². The summed E-state index contributed by atoms with van der Waals surface area (Å²) in [5, 5.41) is 19.5. The van der Waals surface area contributed by atoms with E-state index in [4.69, 9.17) is 5.11 Å². The first-order valence-corrected chi connectivity index (χ1v) is 6.24. The first-order valence-electron chi connectivity index (χ1n) is 6.24. The molecule has 1 amide bonds. The van der Waals surface area contributed by atoms with Crippen LogP contribution in [0.1, 0.15) is 30.6 Å². The third kappa shape index (κ3) is 3.74. The van der Waals surface area contributed by atoms with Crippen molar-refractivity contribution < 1.29 is 19.2 Å². The Morgan fingerprint density at radius 2 is 2.15 bits per heavy atom. The predicted molar refractivity (Wildman–Crippen MR) is 70.9 cm³/mol. The Morgan fingerprint density at radius 1 is 1.50 bits per heavy atom. The van der Waals surface area contributed by atoms with Crippen LogP contribution in [0.3, 0.4) is 0 Å². The van der Waals surface area contributed by atoms with Crippen LogP contribution in [0, 0.1) is 15.9 Å². The molecule has 7 heteroatoms. The summed E-state index contributed by atoms with van der Waals surface area (Å²) in [6, 6.07) is 2.94. The Morgan fingerprint density at radius 3 is 2.65 bits per heavy atom. The highest BCUT2D eigenvalue weighted by Gasteiger charge is 2.22. The fourth-order valence-electron chi connectivity index (χ4n) is 1.79. The molecule has 0 spiro atoms. The Balaban J connectivity index is 3.05. The van der Waals surface area contributed by atoms with Gasteiger partial charge in [0.2, 0.25) is 5.82 Å². The molecule has 110 valence electrons.